The number of carbonyl (C=O) groups is 1. The van der Waals surface area contributed by atoms with Crippen LogP contribution in [0.1, 0.15) is 32.6 Å². The second-order valence-corrected chi connectivity index (χ2v) is 5.58. The van der Waals surface area contributed by atoms with Crippen LogP contribution in [-0.2, 0) is 0 Å². The molecule has 2 aromatic carbocycles. The van der Waals surface area contributed by atoms with Gasteiger partial charge in [-0.3, -0.25) is 4.79 Å². The fraction of sp³-hybridized carbons (Fsp3) is 0.222. The molecule has 1 aliphatic rings. The maximum Gasteiger partial charge on any atom is 0.271 e. The first kappa shape index (κ1) is 15.1. The van der Waals surface area contributed by atoms with Gasteiger partial charge in [-0.05, 0) is 50.1 Å². The Morgan fingerprint density at radius 3 is 2.52 bits per heavy atom. The summed E-state index contributed by atoms with van der Waals surface area (Å²) in [6.07, 6.45) is 1.68. The van der Waals surface area contributed by atoms with Gasteiger partial charge >= 0.3 is 0 Å². The Morgan fingerprint density at radius 1 is 1.09 bits per heavy atom. The van der Waals surface area contributed by atoms with Gasteiger partial charge < -0.3 is 9.47 Å². The Balaban J connectivity index is 1.72. The van der Waals surface area contributed by atoms with Gasteiger partial charge in [-0.25, -0.2) is 5.43 Å². The van der Waals surface area contributed by atoms with Crippen molar-refractivity contribution in [2.24, 2.45) is 5.10 Å². The number of carbonyl (C=O) groups excluding carboxylic acids is 1. The van der Waals surface area contributed by atoms with Crippen molar-refractivity contribution >= 4 is 12.1 Å². The van der Waals surface area contributed by atoms with Crippen molar-refractivity contribution in [3.8, 4) is 11.5 Å². The van der Waals surface area contributed by atoms with Crippen LogP contribution in [0.4, 0.5) is 0 Å². The second kappa shape index (κ2) is 6.12. The predicted molar refractivity (Wildman–Crippen MR) is 88.3 cm³/mol. The zero-order chi connectivity index (χ0) is 16.4. The smallest absolute Gasteiger partial charge is 0.271 e. The van der Waals surface area contributed by atoms with Crippen LogP contribution in [0.5, 0.6) is 11.5 Å². The van der Waals surface area contributed by atoms with Gasteiger partial charge in [-0.1, -0.05) is 17.7 Å². The fourth-order valence-corrected chi connectivity index (χ4v) is 2.65. The van der Waals surface area contributed by atoms with Crippen molar-refractivity contribution in [2.45, 2.75) is 20.8 Å². The van der Waals surface area contributed by atoms with Crippen molar-refractivity contribution in [3.05, 3.63) is 58.1 Å². The molecular weight excluding hydrogens is 292 g/mol. The minimum atomic E-state index is -0.290. The number of hydrogen-bond acceptors (Lipinski definition) is 4. The van der Waals surface area contributed by atoms with Crippen LogP contribution >= 0.6 is 0 Å². The van der Waals surface area contributed by atoms with E-state index in [4.69, 9.17) is 9.47 Å². The Labute approximate surface area is 134 Å². The highest BCUT2D eigenvalue weighted by atomic mass is 16.7. The van der Waals surface area contributed by atoms with E-state index in [0.29, 0.717) is 17.1 Å². The summed E-state index contributed by atoms with van der Waals surface area (Å²) in [6, 6.07) is 9.23. The molecule has 0 aromatic heterocycles. The molecule has 1 N–H and O–H groups in total. The maximum absolute atomic E-state index is 12.1. The van der Waals surface area contributed by atoms with Crippen LogP contribution < -0.4 is 14.9 Å². The van der Waals surface area contributed by atoms with Crippen LogP contribution in [0.3, 0.4) is 0 Å². The van der Waals surface area contributed by atoms with Gasteiger partial charge in [0.05, 0.1) is 6.21 Å². The van der Waals surface area contributed by atoms with Crippen molar-refractivity contribution in [1.29, 1.82) is 0 Å². The number of aryl methyl sites for hydroxylation is 3. The van der Waals surface area contributed by atoms with Gasteiger partial charge in [0.15, 0.2) is 11.5 Å². The number of fused-ring (bicyclic) bond motifs is 1. The van der Waals surface area contributed by atoms with E-state index in [0.717, 1.165) is 16.7 Å². The second-order valence-electron chi connectivity index (χ2n) is 5.58. The lowest BCUT2D eigenvalue weighted by Gasteiger charge is -2.06. The number of nitrogens with zero attached hydrogens (tertiary/aromatic N) is 1. The van der Waals surface area contributed by atoms with Gasteiger partial charge in [-0.15, -0.1) is 0 Å². The van der Waals surface area contributed by atoms with Crippen molar-refractivity contribution in [3.63, 3.8) is 0 Å². The van der Waals surface area contributed by atoms with E-state index in [2.05, 4.69) is 29.6 Å². The molecule has 5 nitrogen and oxygen atoms in total. The molecule has 0 fully saturated rings. The van der Waals surface area contributed by atoms with E-state index in [1.54, 1.807) is 24.4 Å². The molecule has 1 aliphatic heterocycles. The summed E-state index contributed by atoms with van der Waals surface area (Å²) in [5.74, 6) is 0.935. The molecule has 0 unspecified atom stereocenters. The molecule has 118 valence electrons. The van der Waals surface area contributed by atoms with Crippen molar-refractivity contribution in [2.75, 3.05) is 6.79 Å². The highest BCUT2D eigenvalue weighted by Crippen LogP contribution is 2.32. The lowest BCUT2D eigenvalue weighted by Crippen LogP contribution is -2.17. The molecule has 0 bridgehead atoms. The number of benzene rings is 2. The standard InChI is InChI=1S/C18H18N2O3/c1-11-6-12(2)15(13(3)7-11)9-19-20-18(21)14-4-5-16-17(8-14)23-10-22-16/h4-9H,10H2,1-3H3,(H,20,21)/b19-9+. The number of hydrazone groups is 1. The molecule has 0 aliphatic carbocycles. The van der Waals surface area contributed by atoms with Gasteiger partial charge in [0, 0.05) is 11.1 Å². The molecule has 2 aromatic rings. The highest BCUT2D eigenvalue weighted by molar-refractivity contribution is 5.95. The summed E-state index contributed by atoms with van der Waals surface area (Å²) in [5, 5.41) is 4.07. The summed E-state index contributed by atoms with van der Waals surface area (Å²) in [4.78, 5) is 12.1. The number of amides is 1. The number of ether oxygens (including phenoxy) is 2. The zero-order valence-corrected chi connectivity index (χ0v) is 13.3. The lowest BCUT2D eigenvalue weighted by atomic mass is 10.0. The number of rotatable bonds is 3. The number of nitrogens with one attached hydrogen (secondary N) is 1. The average Bonchev–Trinajstić information content (AvgIpc) is 2.97. The Kier molecular flexibility index (Phi) is 4.02. The van der Waals surface area contributed by atoms with Crippen molar-refractivity contribution < 1.29 is 14.3 Å². The third-order valence-electron chi connectivity index (χ3n) is 3.73. The quantitative estimate of drug-likeness (QED) is 0.700. The molecule has 0 radical (unpaired) electrons. The molecule has 0 saturated heterocycles. The van der Waals surface area contributed by atoms with E-state index < -0.39 is 0 Å². The first-order valence-corrected chi connectivity index (χ1v) is 7.35. The monoisotopic (exact) mass is 310 g/mol. The minimum absolute atomic E-state index is 0.185. The van der Waals surface area contributed by atoms with E-state index >= 15 is 0 Å². The van der Waals surface area contributed by atoms with Gasteiger partial charge in [0.25, 0.3) is 5.91 Å². The third-order valence-corrected chi connectivity index (χ3v) is 3.73. The topological polar surface area (TPSA) is 59.9 Å². The molecule has 1 heterocycles. The zero-order valence-electron chi connectivity index (χ0n) is 13.3. The Hall–Kier alpha value is -2.82. The fourth-order valence-electron chi connectivity index (χ4n) is 2.65. The average molecular weight is 310 g/mol. The van der Waals surface area contributed by atoms with Gasteiger partial charge in [0.2, 0.25) is 6.79 Å². The molecule has 3 rings (SSSR count). The SMILES string of the molecule is Cc1cc(C)c(/C=N/NC(=O)c2ccc3c(c2)OCO3)c(C)c1. The summed E-state index contributed by atoms with van der Waals surface area (Å²) in [5.41, 5.74) is 7.50. The predicted octanol–water partition coefficient (Wildman–Crippen LogP) is 3.10. The molecule has 23 heavy (non-hydrogen) atoms. The molecule has 0 atom stereocenters. The van der Waals surface area contributed by atoms with Crippen LogP contribution in [0.2, 0.25) is 0 Å². The first-order valence-electron chi connectivity index (χ1n) is 7.35. The van der Waals surface area contributed by atoms with Gasteiger partial charge in [-0.2, -0.15) is 5.10 Å². The largest absolute Gasteiger partial charge is 0.454 e. The van der Waals surface area contributed by atoms with Crippen LogP contribution in [0, 0.1) is 20.8 Å². The normalized spacial score (nSPS) is 12.7. The number of hydrogen-bond donors (Lipinski definition) is 1. The summed E-state index contributed by atoms with van der Waals surface area (Å²) in [6.45, 7) is 6.30. The van der Waals surface area contributed by atoms with E-state index in [1.807, 2.05) is 13.8 Å². The summed E-state index contributed by atoms with van der Waals surface area (Å²) in [7, 11) is 0. The maximum atomic E-state index is 12.1. The Morgan fingerprint density at radius 2 is 1.78 bits per heavy atom. The van der Waals surface area contributed by atoms with Crippen LogP contribution in [0.15, 0.2) is 35.4 Å². The van der Waals surface area contributed by atoms with Crippen LogP contribution in [0.25, 0.3) is 0 Å². The Bertz CT molecular complexity index is 774. The van der Waals surface area contributed by atoms with E-state index in [1.165, 1.54) is 5.56 Å². The van der Waals surface area contributed by atoms with E-state index in [9.17, 15) is 4.79 Å². The summed E-state index contributed by atoms with van der Waals surface area (Å²) >= 11 is 0. The molecular formula is C18H18N2O3. The minimum Gasteiger partial charge on any atom is -0.454 e. The molecule has 5 heteroatoms. The van der Waals surface area contributed by atoms with Gasteiger partial charge in [0.1, 0.15) is 0 Å². The third kappa shape index (κ3) is 3.18. The van der Waals surface area contributed by atoms with E-state index in [-0.39, 0.29) is 12.7 Å². The summed E-state index contributed by atoms with van der Waals surface area (Å²) < 4.78 is 10.5. The molecule has 0 saturated carbocycles. The highest BCUT2D eigenvalue weighted by Gasteiger charge is 2.15. The first-order chi connectivity index (χ1) is 11.0. The lowest BCUT2D eigenvalue weighted by molar-refractivity contribution is 0.0954. The van der Waals surface area contributed by atoms with Crippen molar-refractivity contribution in [1.82, 2.24) is 5.43 Å². The van der Waals surface area contributed by atoms with Crippen LogP contribution in [-0.4, -0.2) is 18.9 Å². The molecule has 0 spiro atoms. The molecule has 1 amide bonds.